The van der Waals surface area contributed by atoms with E-state index in [1.54, 1.807) is 18.2 Å². The molecule has 33 heavy (non-hydrogen) atoms. The van der Waals surface area contributed by atoms with Gasteiger partial charge in [-0.15, -0.1) is 11.3 Å². The Kier molecular flexibility index (Phi) is 6.41. The van der Waals surface area contributed by atoms with Gasteiger partial charge in [0.15, 0.2) is 11.5 Å². The smallest absolute Gasteiger partial charge is 0.341 e. The molecule has 172 valence electrons. The molecule has 1 aliphatic heterocycles. The summed E-state index contributed by atoms with van der Waals surface area (Å²) in [4.78, 5) is 26.5. The van der Waals surface area contributed by atoms with E-state index < -0.39 is 11.9 Å². The van der Waals surface area contributed by atoms with Gasteiger partial charge in [0.1, 0.15) is 16.5 Å². The third-order valence-electron chi connectivity index (χ3n) is 5.32. The maximum absolute atomic E-state index is 13.1. The molecular formula is C24H23NO7S. The summed E-state index contributed by atoms with van der Waals surface area (Å²) in [5.41, 5.74) is 2.40. The Hall–Kier alpha value is -3.72. The monoisotopic (exact) mass is 469 g/mol. The van der Waals surface area contributed by atoms with Crippen LogP contribution in [0.3, 0.4) is 0 Å². The molecule has 0 aliphatic carbocycles. The summed E-state index contributed by atoms with van der Waals surface area (Å²) in [6, 6.07) is 10.6. The van der Waals surface area contributed by atoms with Crippen LogP contribution in [0.25, 0.3) is 0 Å². The predicted molar refractivity (Wildman–Crippen MR) is 123 cm³/mol. The molecule has 0 spiro atoms. The number of rotatable bonds is 7. The molecule has 0 saturated heterocycles. The standard InChI is InChI=1S/C24H23NO7S/c1-13-20(10-14-5-8-17-19(9-14)32-12-31-17)33-23(21(13)24(27)30-4)25-22(26)16-7-6-15(28-2)11-18(16)29-3/h5-9,11H,10,12H2,1-4H3,(H,25,26). The van der Waals surface area contributed by atoms with E-state index in [1.807, 2.05) is 25.1 Å². The first-order chi connectivity index (χ1) is 15.9. The number of ether oxygens (including phenoxy) is 5. The molecule has 1 N–H and O–H groups in total. The van der Waals surface area contributed by atoms with E-state index in [-0.39, 0.29) is 6.79 Å². The number of methoxy groups -OCH3 is 3. The topological polar surface area (TPSA) is 92.3 Å². The largest absolute Gasteiger partial charge is 0.497 e. The molecule has 0 saturated carbocycles. The summed E-state index contributed by atoms with van der Waals surface area (Å²) in [6.07, 6.45) is 0.554. The number of thiophene rings is 1. The van der Waals surface area contributed by atoms with Crippen LogP contribution in [-0.2, 0) is 11.2 Å². The molecule has 1 amide bonds. The van der Waals surface area contributed by atoms with Crippen LogP contribution in [-0.4, -0.2) is 40.0 Å². The molecule has 3 aromatic rings. The summed E-state index contributed by atoms with van der Waals surface area (Å²) in [6.45, 7) is 2.04. The lowest BCUT2D eigenvalue weighted by atomic mass is 10.1. The zero-order valence-electron chi connectivity index (χ0n) is 18.6. The van der Waals surface area contributed by atoms with Crippen molar-refractivity contribution >= 4 is 28.2 Å². The van der Waals surface area contributed by atoms with Crippen molar-refractivity contribution in [1.29, 1.82) is 0 Å². The number of anilines is 1. The average molecular weight is 470 g/mol. The van der Waals surface area contributed by atoms with Gasteiger partial charge in [-0.1, -0.05) is 6.07 Å². The highest BCUT2D eigenvalue weighted by Gasteiger charge is 2.25. The van der Waals surface area contributed by atoms with Crippen LogP contribution in [0.2, 0.25) is 0 Å². The maximum atomic E-state index is 13.1. The Morgan fingerprint density at radius 3 is 2.55 bits per heavy atom. The minimum atomic E-state index is -0.516. The van der Waals surface area contributed by atoms with Crippen molar-refractivity contribution in [2.75, 3.05) is 33.4 Å². The number of esters is 1. The molecule has 4 rings (SSSR count). The van der Waals surface area contributed by atoms with Crippen molar-refractivity contribution in [3.05, 3.63) is 63.5 Å². The summed E-state index contributed by atoms with van der Waals surface area (Å²) < 4.78 is 26.3. The zero-order chi connectivity index (χ0) is 23.5. The minimum absolute atomic E-state index is 0.203. The highest BCUT2D eigenvalue weighted by Crippen LogP contribution is 2.38. The fourth-order valence-electron chi connectivity index (χ4n) is 3.56. The quantitative estimate of drug-likeness (QED) is 0.512. The Morgan fingerprint density at radius 2 is 1.82 bits per heavy atom. The molecule has 9 heteroatoms. The van der Waals surface area contributed by atoms with E-state index in [0.717, 1.165) is 16.0 Å². The first-order valence-corrected chi connectivity index (χ1v) is 10.9. The summed E-state index contributed by atoms with van der Waals surface area (Å²) in [7, 11) is 4.33. The first kappa shape index (κ1) is 22.5. The Labute approximate surface area is 195 Å². The first-order valence-electron chi connectivity index (χ1n) is 10.1. The molecule has 0 atom stereocenters. The van der Waals surface area contributed by atoms with Crippen LogP contribution in [0, 0.1) is 6.92 Å². The summed E-state index contributed by atoms with van der Waals surface area (Å²) >= 11 is 1.33. The molecule has 0 radical (unpaired) electrons. The van der Waals surface area contributed by atoms with Crippen LogP contribution < -0.4 is 24.3 Å². The van der Waals surface area contributed by atoms with Crippen molar-refractivity contribution in [3.63, 3.8) is 0 Å². The zero-order valence-corrected chi connectivity index (χ0v) is 19.5. The second kappa shape index (κ2) is 9.41. The molecule has 1 aromatic heterocycles. The Bertz CT molecular complexity index is 1220. The predicted octanol–water partition coefficient (Wildman–Crippen LogP) is 4.43. The highest BCUT2D eigenvalue weighted by atomic mass is 32.1. The third kappa shape index (κ3) is 4.45. The normalized spacial score (nSPS) is 11.8. The third-order valence-corrected chi connectivity index (χ3v) is 6.52. The van der Waals surface area contributed by atoms with Crippen LogP contribution in [0.1, 0.15) is 36.7 Å². The van der Waals surface area contributed by atoms with E-state index in [1.165, 1.54) is 32.7 Å². The number of fused-ring (bicyclic) bond motifs is 1. The van der Waals surface area contributed by atoms with Gasteiger partial charge in [-0.2, -0.15) is 0 Å². The van der Waals surface area contributed by atoms with E-state index in [4.69, 9.17) is 23.7 Å². The minimum Gasteiger partial charge on any atom is -0.497 e. The van der Waals surface area contributed by atoms with Crippen molar-refractivity contribution in [1.82, 2.24) is 0 Å². The maximum Gasteiger partial charge on any atom is 0.341 e. The molecule has 1 aliphatic rings. The van der Waals surface area contributed by atoms with Crippen LogP contribution >= 0.6 is 11.3 Å². The van der Waals surface area contributed by atoms with Crippen LogP contribution in [0.5, 0.6) is 23.0 Å². The fourth-order valence-corrected chi connectivity index (χ4v) is 4.78. The highest BCUT2D eigenvalue weighted by molar-refractivity contribution is 7.17. The van der Waals surface area contributed by atoms with E-state index >= 15 is 0 Å². The van der Waals surface area contributed by atoms with Gasteiger partial charge >= 0.3 is 5.97 Å². The number of amides is 1. The van der Waals surface area contributed by atoms with Gasteiger partial charge in [0.2, 0.25) is 6.79 Å². The van der Waals surface area contributed by atoms with Crippen LogP contribution in [0.15, 0.2) is 36.4 Å². The van der Waals surface area contributed by atoms with E-state index in [0.29, 0.717) is 45.5 Å². The number of benzene rings is 2. The second-order valence-electron chi connectivity index (χ2n) is 7.23. The van der Waals surface area contributed by atoms with Gasteiger partial charge in [-0.05, 0) is 42.3 Å². The number of carbonyl (C=O) groups excluding carboxylic acids is 2. The van der Waals surface area contributed by atoms with Gasteiger partial charge in [0, 0.05) is 17.4 Å². The van der Waals surface area contributed by atoms with Crippen molar-refractivity contribution < 1.29 is 33.3 Å². The van der Waals surface area contributed by atoms with Crippen LogP contribution in [0.4, 0.5) is 5.00 Å². The SMILES string of the molecule is COC(=O)c1c(NC(=O)c2ccc(OC)cc2OC)sc(Cc2ccc3c(c2)OCO3)c1C. The molecule has 8 nitrogen and oxygen atoms in total. The fraction of sp³-hybridized carbons (Fsp3) is 0.250. The summed E-state index contributed by atoms with van der Waals surface area (Å²) in [5.74, 6) is 1.40. The van der Waals surface area contributed by atoms with Gasteiger partial charge < -0.3 is 29.0 Å². The van der Waals surface area contributed by atoms with Gasteiger partial charge in [-0.25, -0.2) is 4.79 Å². The molecule has 0 bridgehead atoms. The van der Waals surface area contributed by atoms with E-state index in [9.17, 15) is 9.59 Å². The molecule has 0 unspecified atom stereocenters. The molecule has 2 heterocycles. The lowest BCUT2D eigenvalue weighted by Gasteiger charge is -2.11. The number of nitrogens with one attached hydrogen (secondary N) is 1. The van der Waals surface area contributed by atoms with Crippen molar-refractivity contribution in [2.45, 2.75) is 13.3 Å². The Balaban J connectivity index is 1.65. The van der Waals surface area contributed by atoms with Crippen molar-refractivity contribution in [2.24, 2.45) is 0 Å². The lowest BCUT2D eigenvalue weighted by Crippen LogP contribution is -2.15. The molecule has 2 aromatic carbocycles. The number of hydrogen-bond donors (Lipinski definition) is 1. The number of hydrogen-bond acceptors (Lipinski definition) is 8. The van der Waals surface area contributed by atoms with E-state index in [2.05, 4.69) is 5.32 Å². The average Bonchev–Trinajstić information content (AvgIpc) is 3.41. The second-order valence-corrected chi connectivity index (χ2v) is 8.34. The number of carbonyl (C=O) groups is 2. The molecule has 0 fully saturated rings. The van der Waals surface area contributed by atoms with Gasteiger partial charge in [0.25, 0.3) is 5.91 Å². The molecular weight excluding hydrogens is 446 g/mol. The van der Waals surface area contributed by atoms with Gasteiger partial charge in [-0.3, -0.25) is 4.79 Å². The van der Waals surface area contributed by atoms with Gasteiger partial charge in [0.05, 0.1) is 32.5 Å². The van der Waals surface area contributed by atoms with Crippen molar-refractivity contribution in [3.8, 4) is 23.0 Å². The Morgan fingerprint density at radius 1 is 1.03 bits per heavy atom. The summed E-state index contributed by atoms with van der Waals surface area (Å²) in [5, 5.41) is 3.27. The lowest BCUT2D eigenvalue weighted by molar-refractivity contribution is 0.0601.